The van der Waals surface area contributed by atoms with E-state index in [1.54, 1.807) is 6.26 Å². The van der Waals surface area contributed by atoms with Gasteiger partial charge in [-0.25, -0.2) is 0 Å². The Hall–Kier alpha value is -1.28. The molecule has 126 valence electrons. The molecule has 7 nitrogen and oxygen atoms in total. The zero-order valence-corrected chi connectivity index (χ0v) is 14.2. The third-order valence-corrected chi connectivity index (χ3v) is 3.98. The number of rotatable bonds is 5. The van der Waals surface area contributed by atoms with Gasteiger partial charge >= 0.3 is 17.9 Å². The van der Waals surface area contributed by atoms with Crippen LogP contribution in [0.15, 0.2) is 0 Å². The van der Waals surface area contributed by atoms with E-state index < -0.39 is 47.8 Å². The fraction of sp³-hybridized carbons (Fsp3) is 0.786. The zero-order valence-electron chi connectivity index (χ0n) is 13.4. The highest BCUT2D eigenvalue weighted by atomic mass is 32.2. The summed E-state index contributed by atoms with van der Waals surface area (Å²) in [6, 6.07) is 0. The van der Waals surface area contributed by atoms with Crippen molar-refractivity contribution in [3.05, 3.63) is 0 Å². The lowest BCUT2D eigenvalue weighted by Crippen LogP contribution is -2.60. The van der Waals surface area contributed by atoms with Crippen molar-refractivity contribution in [1.82, 2.24) is 0 Å². The molecule has 1 saturated heterocycles. The fourth-order valence-corrected chi connectivity index (χ4v) is 3.11. The van der Waals surface area contributed by atoms with Crippen molar-refractivity contribution in [3.63, 3.8) is 0 Å². The predicted octanol–water partition coefficient (Wildman–Crippen LogP) is 1.28. The van der Waals surface area contributed by atoms with Crippen molar-refractivity contribution in [2.75, 3.05) is 6.26 Å². The number of hydrogen-bond acceptors (Lipinski definition) is 8. The molecule has 0 aromatic rings. The molecule has 1 heterocycles. The lowest BCUT2D eigenvalue weighted by atomic mass is 9.97. The Balaban J connectivity index is 3.14. The summed E-state index contributed by atoms with van der Waals surface area (Å²) < 4.78 is 21.7. The minimum absolute atomic E-state index is 0.447. The van der Waals surface area contributed by atoms with Gasteiger partial charge in [0.05, 0.1) is 6.10 Å². The maximum atomic E-state index is 11.4. The van der Waals surface area contributed by atoms with Crippen LogP contribution >= 0.6 is 11.8 Å². The first-order valence-electron chi connectivity index (χ1n) is 7.00. The van der Waals surface area contributed by atoms with Gasteiger partial charge in [-0.05, 0) is 12.7 Å². The number of thioether (sulfide) groups is 1. The van der Waals surface area contributed by atoms with Gasteiger partial charge in [0, 0.05) is 20.8 Å². The standard InChI is InChI=1S/C14H22O7S/c1-6-10-11(18-7(2)15)12(19-8(3)16)13(20-9(4)17)14(21-10)22-5/h10-14H,6H2,1-5H3/t10-,11-,12+,13-,14+/m0/s1. The van der Waals surface area contributed by atoms with Crippen LogP contribution in [-0.2, 0) is 33.3 Å². The van der Waals surface area contributed by atoms with Gasteiger partial charge in [-0.1, -0.05) is 6.92 Å². The van der Waals surface area contributed by atoms with Crippen LogP contribution in [0.4, 0.5) is 0 Å². The normalized spacial score (nSPS) is 31.2. The summed E-state index contributed by atoms with van der Waals surface area (Å²) in [6.45, 7) is 5.64. The molecule has 1 aliphatic rings. The molecule has 1 aliphatic heterocycles. The van der Waals surface area contributed by atoms with E-state index in [9.17, 15) is 14.4 Å². The summed E-state index contributed by atoms with van der Waals surface area (Å²) in [5.41, 5.74) is -0.509. The van der Waals surface area contributed by atoms with Crippen LogP contribution in [0, 0.1) is 0 Å². The Morgan fingerprint density at radius 3 is 1.77 bits per heavy atom. The van der Waals surface area contributed by atoms with Gasteiger partial charge in [-0.3, -0.25) is 14.4 Å². The highest BCUT2D eigenvalue weighted by molar-refractivity contribution is 7.99. The van der Waals surface area contributed by atoms with Crippen LogP contribution in [0.5, 0.6) is 0 Å². The van der Waals surface area contributed by atoms with E-state index in [0.29, 0.717) is 6.42 Å². The Labute approximate surface area is 134 Å². The molecule has 0 N–H and O–H groups in total. The van der Waals surface area contributed by atoms with Gasteiger partial charge in [0.2, 0.25) is 0 Å². The molecule has 1 fully saturated rings. The summed E-state index contributed by atoms with van der Waals surface area (Å²) >= 11 is 1.34. The lowest BCUT2D eigenvalue weighted by molar-refractivity contribution is -0.232. The van der Waals surface area contributed by atoms with Crippen molar-refractivity contribution in [1.29, 1.82) is 0 Å². The molecule has 0 aromatic heterocycles. The Bertz CT molecular complexity index is 395. The molecule has 1 rings (SSSR count). The third kappa shape index (κ3) is 4.88. The fourth-order valence-electron chi connectivity index (χ4n) is 2.37. The molecule has 0 saturated carbocycles. The second-order valence-corrected chi connectivity index (χ2v) is 5.85. The Morgan fingerprint density at radius 2 is 1.36 bits per heavy atom. The van der Waals surface area contributed by atoms with Crippen molar-refractivity contribution in [2.24, 2.45) is 0 Å². The molecule has 5 atom stereocenters. The second-order valence-electron chi connectivity index (χ2n) is 4.91. The van der Waals surface area contributed by atoms with E-state index in [1.165, 1.54) is 32.5 Å². The Kier molecular flexibility index (Phi) is 7.15. The molecule has 0 aromatic carbocycles. The third-order valence-electron chi connectivity index (χ3n) is 3.13. The Morgan fingerprint density at radius 1 is 0.909 bits per heavy atom. The van der Waals surface area contributed by atoms with Crippen LogP contribution in [0.2, 0.25) is 0 Å². The summed E-state index contributed by atoms with van der Waals surface area (Å²) in [5, 5.41) is 0. The highest BCUT2D eigenvalue weighted by Crippen LogP contribution is 2.34. The number of hydrogen-bond donors (Lipinski definition) is 0. The molecular formula is C14H22O7S. The van der Waals surface area contributed by atoms with Gasteiger partial charge in [0.15, 0.2) is 18.3 Å². The van der Waals surface area contributed by atoms with Gasteiger partial charge in [0.1, 0.15) is 5.44 Å². The highest BCUT2D eigenvalue weighted by Gasteiger charge is 2.50. The second kappa shape index (κ2) is 8.38. The van der Waals surface area contributed by atoms with Crippen molar-refractivity contribution in [3.8, 4) is 0 Å². The maximum absolute atomic E-state index is 11.4. The van der Waals surface area contributed by atoms with Gasteiger partial charge in [-0.2, -0.15) is 0 Å². The summed E-state index contributed by atoms with van der Waals surface area (Å²) in [7, 11) is 0. The van der Waals surface area contributed by atoms with Gasteiger partial charge < -0.3 is 18.9 Å². The number of carbonyl (C=O) groups is 3. The van der Waals surface area contributed by atoms with Crippen molar-refractivity contribution >= 4 is 29.7 Å². The molecule has 0 spiro atoms. The molecule has 22 heavy (non-hydrogen) atoms. The first-order valence-corrected chi connectivity index (χ1v) is 8.28. The van der Waals surface area contributed by atoms with Crippen molar-refractivity contribution < 1.29 is 33.3 Å². The van der Waals surface area contributed by atoms with E-state index in [4.69, 9.17) is 18.9 Å². The smallest absolute Gasteiger partial charge is 0.303 e. The molecule has 0 aliphatic carbocycles. The minimum Gasteiger partial charge on any atom is -0.456 e. The first-order chi connectivity index (χ1) is 10.3. The summed E-state index contributed by atoms with van der Waals surface area (Å²) in [4.78, 5) is 34.1. The summed E-state index contributed by atoms with van der Waals surface area (Å²) in [5.74, 6) is -1.59. The molecule has 0 unspecified atom stereocenters. The topological polar surface area (TPSA) is 88.1 Å². The van der Waals surface area contributed by atoms with Gasteiger partial charge in [-0.15, -0.1) is 11.8 Å². The minimum atomic E-state index is -0.901. The van der Waals surface area contributed by atoms with Crippen LogP contribution in [0.25, 0.3) is 0 Å². The predicted molar refractivity (Wildman–Crippen MR) is 79.1 cm³/mol. The summed E-state index contributed by atoms with van der Waals surface area (Å²) in [6.07, 6.45) is -0.661. The largest absolute Gasteiger partial charge is 0.456 e. The van der Waals surface area contributed by atoms with E-state index in [2.05, 4.69) is 0 Å². The van der Waals surface area contributed by atoms with Crippen LogP contribution in [0.3, 0.4) is 0 Å². The van der Waals surface area contributed by atoms with Crippen LogP contribution < -0.4 is 0 Å². The van der Waals surface area contributed by atoms with E-state index in [1.807, 2.05) is 6.92 Å². The number of esters is 3. The SMILES string of the molecule is CC[C@@H]1O[C@H](SC)[C@@H](OC(C)=O)[C@H](OC(C)=O)[C@H]1OC(C)=O. The number of ether oxygens (including phenoxy) is 4. The maximum Gasteiger partial charge on any atom is 0.303 e. The number of carbonyl (C=O) groups excluding carboxylic acids is 3. The monoisotopic (exact) mass is 334 g/mol. The van der Waals surface area contributed by atoms with E-state index >= 15 is 0 Å². The van der Waals surface area contributed by atoms with Crippen molar-refractivity contribution in [2.45, 2.75) is 64.0 Å². The van der Waals surface area contributed by atoms with E-state index in [0.717, 1.165) is 0 Å². The van der Waals surface area contributed by atoms with Gasteiger partial charge in [0.25, 0.3) is 0 Å². The average molecular weight is 334 g/mol. The average Bonchev–Trinajstić information content (AvgIpc) is 2.41. The molecule has 8 heteroatoms. The molecule has 0 radical (unpaired) electrons. The van der Waals surface area contributed by atoms with Crippen LogP contribution in [0.1, 0.15) is 34.1 Å². The van der Waals surface area contributed by atoms with Crippen LogP contribution in [-0.4, -0.2) is 54.0 Å². The first kappa shape index (κ1) is 18.8. The quantitative estimate of drug-likeness (QED) is 0.549. The van der Waals surface area contributed by atoms with E-state index in [-0.39, 0.29) is 0 Å². The molecular weight excluding hydrogens is 312 g/mol. The lowest BCUT2D eigenvalue weighted by Gasteiger charge is -2.44. The molecule has 0 bridgehead atoms. The zero-order chi connectivity index (χ0) is 16.9. The molecule has 0 amide bonds.